The van der Waals surface area contributed by atoms with E-state index in [9.17, 15) is 33.3 Å². The molecule has 0 heterocycles. The fraction of sp³-hybridized carbons (Fsp3) is 0.348. The van der Waals surface area contributed by atoms with Crippen LogP contribution in [0.25, 0.3) is 0 Å². The third-order valence-corrected chi connectivity index (χ3v) is 10.8. The van der Waals surface area contributed by atoms with Gasteiger partial charge in [0.05, 0.1) is 38.4 Å². The minimum absolute atomic E-state index is 0.0204. The molecule has 4 aromatic rings. The summed E-state index contributed by atoms with van der Waals surface area (Å²) in [4.78, 5) is 74.7. The molecular weight excluding hydrogens is 831 g/mol. The van der Waals surface area contributed by atoms with Crippen LogP contribution in [0.2, 0.25) is 0 Å². The molecule has 2 atom stereocenters. The van der Waals surface area contributed by atoms with E-state index < -0.39 is 68.0 Å². The van der Waals surface area contributed by atoms with Crippen LogP contribution in [0.15, 0.2) is 115 Å². The summed E-state index contributed by atoms with van der Waals surface area (Å²) in [6, 6.07) is 34.2. The number of anilines is 1. The van der Waals surface area contributed by atoms with E-state index in [1.807, 2.05) is 91.0 Å². The Kier molecular flexibility index (Phi) is 20.0. The van der Waals surface area contributed by atoms with E-state index in [2.05, 4.69) is 21.3 Å². The van der Waals surface area contributed by atoms with Gasteiger partial charge in [0.2, 0.25) is 17.7 Å². The fourth-order valence-electron chi connectivity index (χ4n) is 5.60. The summed E-state index contributed by atoms with van der Waals surface area (Å²) >= 11 is 0. The predicted octanol–water partition coefficient (Wildman–Crippen LogP) is 6.23. The molecule has 0 aliphatic rings. The smallest absolute Gasteiger partial charge is 0.408 e. The molecule has 4 amide bonds. The molecule has 0 saturated heterocycles. The zero-order valence-corrected chi connectivity index (χ0v) is 36.6. The summed E-state index contributed by atoms with van der Waals surface area (Å²) in [6.45, 7) is 3.81. The van der Waals surface area contributed by atoms with Gasteiger partial charge in [0.25, 0.3) is 0 Å². The first kappa shape index (κ1) is 49.3. The minimum atomic E-state index is -4.01. The summed E-state index contributed by atoms with van der Waals surface area (Å²) in [5.74, 6) is -3.97. The molecule has 336 valence electrons. The van der Waals surface area contributed by atoms with E-state index in [0.717, 1.165) is 22.3 Å². The lowest BCUT2D eigenvalue weighted by molar-refractivity contribution is -0.150. The molecule has 0 aliphatic heterocycles. The van der Waals surface area contributed by atoms with E-state index in [4.69, 9.17) is 23.3 Å². The number of amides is 4. The van der Waals surface area contributed by atoms with E-state index in [0.29, 0.717) is 5.69 Å². The SMILES string of the molecule is CC(C)(C)OC(=O)NCC(=O)NCC(=O)NCC(=O)Nc1ccc(CCOP(=O)(C[C@@H](CCC(=O)OCc2ccccc2)C(=O)OCc2ccccc2)OCc2ccccc2)cc1. The highest BCUT2D eigenvalue weighted by Crippen LogP contribution is 2.51. The summed E-state index contributed by atoms with van der Waals surface area (Å²) in [5, 5.41) is 9.69. The molecule has 63 heavy (non-hydrogen) atoms. The van der Waals surface area contributed by atoms with E-state index in [1.54, 1.807) is 45.0 Å². The van der Waals surface area contributed by atoms with Gasteiger partial charge in [-0.1, -0.05) is 103 Å². The van der Waals surface area contributed by atoms with Gasteiger partial charge in [0, 0.05) is 12.1 Å². The first-order valence-corrected chi connectivity index (χ1v) is 22.1. The zero-order chi connectivity index (χ0) is 45.5. The van der Waals surface area contributed by atoms with Crippen LogP contribution >= 0.6 is 7.60 Å². The van der Waals surface area contributed by atoms with Crippen LogP contribution in [-0.4, -0.2) is 73.8 Å². The number of alkyl carbamates (subject to hydrolysis) is 1. The van der Waals surface area contributed by atoms with Crippen molar-refractivity contribution in [2.75, 3.05) is 37.7 Å². The third-order valence-electron chi connectivity index (χ3n) is 8.81. The van der Waals surface area contributed by atoms with Gasteiger partial charge >= 0.3 is 25.6 Å². The van der Waals surface area contributed by atoms with Crippen molar-refractivity contribution in [1.82, 2.24) is 16.0 Å². The third kappa shape index (κ3) is 20.4. The van der Waals surface area contributed by atoms with Crippen LogP contribution < -0.4 is 21.3 Å². The lowest BCUT2D eigenvalue weighted by atomic mass is 10.1. The van der Waals surface area contributed by atoms with E-state index in [1.165, 1.54) is 0 Å². The number of rotatable bonds is 24. The molecule has 0 fully saturated rings. The molecule has 0 aliphatic carbocycles. The van der Waals surface area contributed by atoms with Crippen LogP contribution in [0.1, 0.15) is 55.9 Å². The lowest BCUT2D eigenvalue weighted by Crippen LogP contribution is -2.44. The molecule has 17 heteroatoms. The average Bonchev–Trinajstić information content (AvgIpc) is 3.27. The number of esters is 2. The summed E-state index contributed by atoms with van der Waals surface area (Å²) < 4.78 is 42.6. The first-order chi connectivity index (χ1) is 30.1. The molecule has 4 rings (SSSR count). The highest BCUT2D eigenvalue weighted by Gasteiger charge is 2.35. The predicted molar refractivity (Wildman–Crippen MR) is 234 cm³/mol. The van der Waals surface area contributed by atoms with Crippen molar-refractivity contribution in [3.8, 4) is 0 Å². The van der Waals surface area contributed by atoms with Crippen molar-refractivity contribution in [3.05, 3.63) is 138 Å². The van der Waals surface area contributed by atoms with Gasteiger partial charge in [-0.15, -0.1) is 0 Å². The standard InChI is InChI=1S/C46H55N4O12P/c1-46(2,3)62-45(56)49-28-41(52)47-27-40(51)48-29-42(53)50-39-22-19-34(20-23-39)25-26-60-63(57,61-32-37-17-11-6-12-18-37)33-38(44(55)59-31-36-15-9-5-10-16-36)21-24-43(54)58-30-35-13-7-4-8-14-35/h4-20,22-23,38H,21,24-33H2,1-3H3,(H,47,52)(H,48,51)(H,49,56)(H,50,53)/t38-,63?/m1/s1. The number of benzene rings is 4. The number of nitrogens with one attached hydrogen (secondary N) is 4. The van der Waals surface area contributed by atoms with Crippen molar-refractivity contribution >= 4 is 49.0 Å². The van der Waals surface area contributed by atoms with Gasteiger partial charge in [-0.25, -0.2) is 4.79 Å². The van der Waals surface area contributed by atoms with Crippen LogP contribution in [-0.2, 0) is 78.0 Å². The number of carbonyl (C=O) groups is 6. The van der Waals surface area contributed by atoms with E-state index >= 15 is 0 Å². The molecule has 4 aromatic carbocycles. The van der Waals surface area contributed by atoms with Gasteiger partial charge in [-0.2, -0.15) is 0 Å². The Hall–Kier alpha value is -6.35. The Balaban J connectivity index is 1.30. The molecule has 1 unspecified atom stereocenters. The molecule has 16 nitrogen and oxygen atoms in total. The monoisotopic (exact) mass is 886 g/mol. The van der Waals surface area contributed by atoms with Crippen LogP contribution in [0.5, 0.6) is 0 Å². The van der Waals surface area contributed by atoms with Gasteiger partial charge < -0.3 is 44.5 Å². The molecule has 0 aromatic heterocycles. The summed E-state index contributed by atoms with van der Waals surface area (Å²) in [5.41, 5.74) is 2.79. The summed E-state index contributed by atoms with van der Waals surface area (Å²) in [7, 11) is -4.01. The molecule has 0 spiro atoms. The Morgan fingerprint density at radius 3 is 1.65 bits per heavy atom. The lowest BCUT2D eigenvalue weighted by Gasteiger charge is -2.23. The van der Waals surface area contributed by atoms with Crippen molar-refractivity contribution in [2.45, 2.75) is 65.5 Å². The van der Waals surface area contributed by atoms with Crippen LogP contribution in [0.4, 0.5) is 10.5 Å². The van der Waals surface area contributed by atoms with Gasteiger partial charge in [-0.05, 0) is 68.0 Å². The van der Waals surface area contributed by atoms with Crippen LogP contribution in [0.3, 0.4) is 0 Å². The zero-order valence-electron chi connectivity index (χ0n) is 35.7. The maximum absolute atomic E-state index is 14.5. The number of hydrogen-bond acceptors (Lipinski definition) is 12. The average molecular weight is 887 g/mol. The fourth-order valence-corrected chi connectivity index (χ4v) is 7.48. The van der Waals surface area contributed by atoms with Crippen LogP contribution in [0, 0.1) is 5.92 Å². The second-order valence-electron chi connectivity index (χ2n) is 15.3. The minimum Gasteiger partial charge on any atom is -0.461 e. The normalized spacial score (nSPS) is 12.4. The first-order valence-electron chi connectivity index (χ1n) is 20.4. The number of ether oxygens (including phenoxy) is 3. The quantitative estimate of drug-likeness (QED) is 0.0350. The molecular formula is C46H55N4O12P. The maximum Gasteiger partial charge on any atom is 0.408 e. The van der Waals surface area contributed by atoms with Crippen molar-refractivity contribution in [3.63, 3.8) is 0 Å². The van der Waals surface area contributed by atoms with Crippen molar-refractivity contribution < 1.29 is 56.6 Å². The summed E-state index contributed by atoms with van der Waals surface area (Å²) in [6.07, 6.45) is -0.995. The highest BCUT2D eigenvalue weighted by atomic mass is 31.2. The Morgan fingerprint density at radius 1 is 0.587 bits per heavy atom. The Morgan fingerprint density at radius 2 is 1.10 bits per heavy atom. The highest BCUT2D eigenvalue weighted by molar-refractivity contribution is 7.53. The molecule has 0 saturated carbocycles. The Bertz CT molecular complexity index is 2130. The molecule has 4 N–H and O–H groups in total. The number of carbonyl (C=O) groups excluding carboxylic acids is 6. The second kappa shape index (κ2) is 25.6. The second-order valence-corrected chi connectivity index (χ2v) is 17.4. The maximum atomic E-state index is 14.5. The van der Waals surface area contributed by atoms with Gasteiger partial charge in [0.15, 0.2) is 0 Å². The van der Waals surface area contributed by atoms with Gasteiger partial charge in [-0.3, -0.25) is 28.5 Å². The van der Waals surface area contributed by atoms with Gasteiger partial charge in [0.1, 0.15) is 25.4 Å². The van der Waals surface area contributed by atoms with Crippen molar-refractivity contribution in [1.29, 1.82) is 0 Å². The topological polar surface area (TPSA) is 214 Å². The molecule has 0 radical (unpaired) electrons. The largest absolute Gasteiger partial charge is 0.461 e. The Labute approximate surface area is 367 Å². The molecule has 0 bridgehead atoms. The number of hydrogen-bond donors (Lipinski definition) is 4. The van der Waals surface area contributed by atoms with Crippen molar-refractivity contribution in [2.24, 2.45) is 5.92 Å². The van der Waals surface area contributed by atoms with E-state index in [-0.39, 0.29) is 58.4 Å².